The van der Waals surface area contributed by atoms with Crippen molar-refractivity contribution in [2.75, 3.05) is 13.2 Å². The molecule has 1 N–H and O–H groups in total. The molecule has 0 bridgehead atoms. The van der Waals surface area contributed by atoms with Crippen LogP contribution >= 0.6 is 0 Å². The summed E-state index contributed by atoms with van der Waals surface area (Å²) in [6.07, 6.45) is 0.511. The first-order valence-corrected chi connectivity index (χ1v) is 13.5. The number of ketones is 1. The summed E-state index contributed by atoms with van der Waals surface area (Å²) < 4.78 is 25.6. The molecule has 0 spiro atoms. The van der Waals surface area contributed by atoms with Gasteiger partial charge in [0.1, 0.15) is 18.2 Å². The summed E-state index contributed by atoms with van der Waals surface area (Å²) in [5.74, 6) is -1.38. The van der Waals surface area contributed by atoms with Crippen molar-refractivity contribution in [3.8, 4) is 11.5 Å². The average molecular weight is 552 g/mol. The van der Waals surface area contributed by atoms with Crippen LogP contribution in [0, 0.1) is 5.82 Å². The number of Topliss-reactive ketones (excluding diaryl/α,β-unsaturated/α-hetero) is 1. The fraction of sp³-hybridized carbons (Fsp3) is 0.176. The number of rotatable bonds is 10. The number of hydrogen-bond acceptors (Lipinski definition) is 5. The standard InChI is InChI=1S/C34H30FNO5/c1-2-40-29-21-26(15-18-28(29)41-22-24-11-7-4-8-12-24)31-30(32(37)25-13-16-27(35)17-14-25)33(38)34(39)36(31)20-19-23-9-5-3-6-10-23/h3-18,21,31,37H,2,19-20,22H2,1H3/b32-30+. The summed E-state index contributed by atoms with van der Waals surface area (Å²) in [6, 6.07) is 28.9. The number of aliphatic hydroxyl groups excluding tert-OH is 1. The van der Waals surface area contributed by atoms with E-state index in [-0.39, 0.29) is 23.4 Å². The summed E-state index contributed by atoms with van der Waals surface area (Å²) in [6.45, 7) is 2.80. The molecule has 1 unspecified atom stereocenters. The van der Waals surface area contributed by atoms with Crippen molar-refractivity contribution < 1.29 is 28.6 Å². The number of carbonyl (C=O) groups is 2. The first kappa shape index (κ1) is 27.6. The van der Waals surface area contributed by atoms with Gasteiger partial charge in [0, 0.05) is 12.1 Å². The second-order valence-electron chi connectivity index (χ2n) is 9.65. The van der Waals surface area contributed by atoms with Crippen LogP contribution in [0.1, 0.15) is 35.2 Å². The molecule has 1 aliphatic rings. The Balaban J connectivity index is 1.55. The van der Waals surface area contributed by atoms with Gasteiger partial charge in [-0.25, -0.2) is 4.39 Å². The SMILES string of the molecule is CCOc1cc(C2/C(=C(\O)c3ccc(F)cc3)C(=O)C(=O)N2CCc2ccccc2)ccc1OCc1ccccc1. The van der Waals surface area contributed by atoms with Crippen molar-refractivity contribution in [2.24, 2.45) is 0 Å². The largest absolute Gasteiger partial charge is 0.507 e. The molecule has 1 aliphatic heterocycles. The Morgan fingerprint density at radius 3 is 2.15 bits per heavy atom. The zero-order chi connectivity index (χ0) is 28.8. The van der Waals surface area contributed by atoms with Crippen molar-refractivity contribution in [2.45, 2.75) is 26.0 Å². The average Bonchev–Trinajstić information content (AvgIpc) is 3.25. The van der Waals surface area contributed by atoms with Gasteiger partial charge in [-0.1, -0.05) is 66.7 Å². The molecular formula is C34H30FNO5. The maximum Gasteiger partial charge on any atom is 0.295 e. The third-order valence-corrected chi connectivity index (χ3v) is 6.96. The van der Waals surface area contributed by atoms with E-state index in [9.17, 15) is 19.1 Å². The van der Waals surface area contributed by atoms with Gasteiger partial charge in [0.2, 0.25) is 0 Å². The molecule has 7 heteroatoms. The Bertz CT molecular complexity index is 1550. The van der Waals surface area contributed by atoms with Gasteiger partial charge in [0.05, 0.1) is 18.2 Å². The molecule has 1 fully saturated rings. The second kappa shape index (κ2) is 12.5. The number of aliphatic hydroxyl groups is 1. The van der Waals surface area contributed by atoms with Crippen molar-refractivity contribution in [3.05, 3.63) is 137 Å². The first-order valence-electron chi connectivity index (χ1n) is 13.5. The molecule has 1 amide bonds. The fourth-order valence-electron chi connectivity index (χ4n) is 4.93. The predicted molar refractivity (Wildman–Crippen MR) is 154 cm³/mol. The molecule has 208 valence electrons. The molecule has 1 saturated heterocycles. The maximum absolute atomic E-state index is 13.6. The lowest BCUT2D eigenvalue weighted by molar-refractivity contribution is -0.139. The molecule has 0 saturated carbocycles. The Hall–Kier alpha value is -4.91. The monoisotopic (exact) mass is 551 g/mol. The van der Waals surface area contributed by atoms with E-state index in [0.717, 1.165) is 11.1 Å². The highest BCUT2D eigenvalue weighted by atomic mass is 19.1. The maximum atomic E-state index is 13.6. The summed E-state index contributed by atoms with van der Waals surface area (Å²) in [5, 5.41) is 11.3. The van der Waals surface area contributed by atoms with E-state index < -0.39 is 23.5 Å². The Morgan fingerprint density at radius 2 is 1.49 bits per heavy atom. The number of ether oxygens (including phenoxy) is 2. The number of benzene rings is 4. The van der Waals surface area contributed by atoms with Crippen LogP contribution in [0.15, 0.2) is 109 Å². The van der Waals surface area contributed by atoms with Gasteiger partial charge in [-0.3, -0.25) is 9.59 Å². The van der Waals surface area contributed by atoms with Crippen LogP contribution in [0.4, 0.5) is 4.39 Å². The number of halogens is 1. The van der Waals surface area contributed by atoms with Crippen LogP contribution in [0.5, 0.6) is 11.5 Å². The molecule has 1 heterocycles. The van der Waals surface area contributed by atoms with E-state index >= 15 is 0 Å². The molecule has 6 nitrogen and oxygen atoms in total. The summed E-state index contributed by atoms with van der Waals surface area (Å²) in [5.41, 5.74) is 2.76. The first-order chi connectivity index (χ1) is 20.0. The highest BCUT2D eigenvalue weighted by molar-refractivity contribution is 6.46. The van der Waals surface area contributed by atoms with Crippen LogP contribution < -0.4 is 9.47 Å². The van der Waals surface area contributed by atoms with Crippen LogP contribution in [0.2, 0.25) is 0 Å². The lowest BCUT2D eigenvalue weighted by Gasteiger charge is -2.26. The molecule has 4 aromatic rings. The summed E-state index contributed by atoms with van der Waals surface area (Å²) in [4.78, 5) is 28.2. The third kappa shape index (κ3) is 6.14. The zero-order valence-corrected chi connectivity index (χ0v) is 22.6. The van der Waals surface area contributed by atoms with Gasteiger partial charge in [-0.2, -0.15) is 0 Å². The number of likely N-dealkylation sites (tertiary alicyclic amines) is 1. The Labute approximate surface area is 238 Å². The van der Waals surface area contributed by atoms with Gasteiger partial charge in [-0.05, 0) is 66.4 Å². The molecule has 41 heavy (non-hydrogen) atoms. The molecule has 5 rings (SSSR count). The van der Waals surface area contributed by atoms with Crippen LogP contribution in [-0.4, -0.2) is 34.8 Å². The second-order valence-corrected chi connectivity index (χ2v) is 9.65. The van der Waals surface area contributed by atoms with Crippen LogP contribution in [-0.2, 0) is 22.6 Å². The van der Waals surface area contributed by atoms with Crippen molar-refractivity contribution in [1.29, 1.82) is 0 Å². The van der Waals surface area contributed by atoms with Crippen LogP contribution in [0.25, 0.3) is 5.76 Å². The minimum Gasteiger partial charge on any atom is -0.507 e. The smallest absolute Gasteiger partial charge is 0.295 e. The van der Waals surface area contributed by atoms with E-state index in [1.54, 1.807) is 18.2 Å². The van der Waals surface area contributed by atoms with Crippen molar-refractivity contribution in [1.82, 2.24) is 4.90 Å². The van der Waals surface area contributed by atoms with E-state index in [1.165, 1.54) is 29.2 Å². The van der Waals surface area contributed by atoms with E-state index in [4.69, 9.17) is 9.47 Å². The normalized spacial score (nSPS) is 16.1. The van der Waals surface area contributed by atoms with Crippen molar-refractivity contribution in [3.63, 3.8) is 0 Å². The van der Waals surface area contributed by atoms with Gasteiger partial charge in [0.15, 0.2) is 11.5 Å². The number of hydrogen-bond donors (Lipinski definition) is 1. The molecule has 0 radical (unpaired) electrons. The topological polar surface area (TPSA) is 76.1 Å². The highest BCUT2D eigenvalue weighted by Crippen LogP contribution is 2.42. The van der Waals surface area contributed by atoms with E-state index in [0.29, 0.717) is 36.7 Å². The van der Waals surface area contributed by atoms with Gasteiger partial charge in [-0.15, -0.1) is 0 Å². The molecular weight excluding hydrogens is 521 g/mol. The number of amides is 1. The Morgan fingerprint density at radius 1 is 0.829 bits per heavy atom. The fourth-order valence-corrected chi connectivity index (χ4v) is 4.93. The van der Waals surface area contributed by atoms with Crippen LogP contribution in [0.3, 0.4) is 0 Å². The number of nitrogens with zero attached hydrogens (tertiary/aromatic N) is 1. The lowest BCUT2D eigenvalue weighted by Crippen LogP contribution is -2.31. The van der Waals surface area contributed by atoms with Crippen molar-refractivity contribution >= 4 is 17.4 Å². The van der Waals surface area contributed by atoms with Gasteiger partial charge >= 0.3 is 0 Å². The molecule has 0 aromatic heterocycles. The van der Waals surface area contributed by atoms with Gasteiger partial charge < -0.3 is 19.5 Å². The van der Waals surface area contributed by atoms with E-state index in [1.807, 2.05) is 67.6 Å². The highest BCUT2D eigenvalue weighted by Gasteiger charge is 2.46. The zero-order valence-electron chi connectivity index (χ0n) is 22.6. The summed E-state index contributed by atoms with van der Waals surface area (Å²) in [7, 11) is 0. The third-order valence-electron chi connectivity index (χ3n) is 6.96. The quantitative estimate of drug-likeness (QED) is 0.139. The minimum absolute atomic E-state index is 0.0601. The van der Waals surface area contributed by atoms with E-state index in [2.05, 4.69) is 0 Å². The Kier molecular flexibility index (Phi) is 8.44. The lowest BCUT2D eigenvalue weighted by atomic mass is 9.94. The molecule has 1 atom stereocenters. The minimum atomic E-state index is -0.883. The molecule has 4 aromatic carbocycles. The predicted octanol–water partition coefficient (Wildman–Crippen LogP) is 6.47. The summed E-state index contributed by atoms with van der Waals surface area (Å²) >= 11 is 0. The molecule has 0 aliphatic carbocycles. The van der Waals surface area contributed by atoms with Gasteiger partial charge in [0.25, 0.3) is 11.7 Å². The number of carbonyl (C=O) groups excluding carboxylic acids is 2.